The predicted molar refractivity (Wildman–Crippen MR) is 264 cm³/mol. The summed E-state index contributed by atoms with van der Waals surface area (Å²) in [6, 6.07) is -0.621. The zero-order valence-corrected chi connectivity index (χ0v) is 41.8. The molecule has 2 rings (SSSR count). The first-order chi connectivity index (χ1) is 33.4. The van der Waals surface area contributed by atoms with E-state index in [1.165, 1.54) is 30.5 Å². The van der Waals surface area contributed by atoms with Gasteiger partial charge in [-0.25, -0.2) is 0 Å². The molecule has 71 heavy (non-hydrogen) atoms. The van der Waals surface area contributed by atoms with Crippen LogP contribution in [-0.2, 0) is 59.2 Å². The number of primary amides is 2. The molecule has 0 saturated carbocycles. The highest BCUT2D eigenvalue weighted by molar-refractivity contribution is 7.98. The Kier molecular flexibility index (Phi) is 26.1. The molecule has 1 aliphatic heterocycles. The second-order valence-electron chi connectivity index (χ2n) is 17.5. The minimum atomic E-state index is -1.48. The summed E-state index contributed by atoms with van der Waals surface area (Å²) in [5, 5.41) is 17.7. The molecule has 1 aromatic carbocycles. The highest BCUT2D eigenvalue weighted by Crippen LogP contribution is 2.19. The molecule has 25 nitrogen and oxygen atoms in total. The maximum absolute atomic E-state index is 14.0. The molecular formula is C45H72N14O11S. The second kappa shape index (κ2) is 30.7. The van der Waals surface area contributed by atoms with Crippen LogP contribution < -0.4 is 65.9 Å². The monoisotopic (exact) mass is 1020 g/mol. The first kappa shape index (κ1) is 60.3. The molecular weight excluding hydrogens is 945 g/mol. The summed E-state index contributed by atoms with van der Waals surface area (Å²) in [4.78, 5) is 149. The number of carbonyl (C=O) groups is 11. The number of nitrogens with zero attached hydrogens (tertiary/aromatic N) is 2. The normalized spacial score (nSPS) is 16.0. The Balaban J connectivity index is 2.18. The topological polar surface area (TPSA) is 418 Å². The Labute approximate surface area is 417 Å². The zero-order valence-electron chi connectivity index (χ0n) is 41.0. The third-order valence-corrected chi connectivity index (χ3v) is 11.8. The van der Waals surface area contributed by atoms with Gasteiger partial charge in [-0.2, -0.15) is 11.8 Å². The highest BCUT2D eigenvalue weighted by atomic mass is 32.2. The van der Waals surface area contributed by atoms with E-state index in [2.05, 4.69) is 42.2 Å². The highest BCUT2D eigenvalue weighted by Gasteiger charge is 2.37. The predicted octanol–water partition coefficient (Wildman–Crippen LogP) is -4.22. The fraction of sp³-hybridized carbons (Fsp3) is 0.600. The van der Waals surface area contributed by atoms with Crippen LogP contribution in [0.5, 0.6) is 0 Å². The molecule has 394 valence electrons. The van der Waals surface area contributed by atoms with E-state index >= 15 is 0 Å². The molecule has 1 heterocycles. The van der Waals surface area contributed by atoms with E-state index in [1.807, 2.05) is 0 Å². The number of nitrogens with two attached hydrogens (primary N) is 5. The van der Waals surface area contributed by atoms with Crippen molar-refractivity contribution in [3.8, 4) is 0 Å². The van der Waals surface area contributed by atoms with Crippen LogP contribution in [0.25, 0.3) is 0 Å². The first-order valence-corrected chi connectivity index (χ1v) is 24.7. The molecule has 26 heteroatoms. The number of nitrogens with one attached hydrogen (secondary N) is 7. The summed E-state index contributed by atoms with van der Waals surface area (Å²) in [7, 11) is 0. The van der Waals surface area contributed by atoms with Gasteiger partial charge in [-0.15, -0.1) is 0 Å². The van der Waals surface area contributed by atoms with Gasteiger partial charge < -0.3 is 70.8 Å². The van der Waals surface area contributed by atoms with E-state index in [4.69, 9.17) is 28.7 Å². The van der Waals surface area contributed by atoms with Crippen molar-refractivity contribution in [2.75, 3.05) is 31.6 Å². The number of carbonyl (C=O) groups excluding carboxylic acids is 11. The number of aliphatic imine (C=N–C) groups is 1. The van der Waals surface area contributed by atoms with Gasteiger partial charge >= 0.3 is 0 Å². The van der Waals surface area contributed by atoms with Crippen molar-refractivity contribution in [2.45, 2.75) is 134 Å². The van der Waals surface area contributed by atoms with Gasteiger partial charge in [-0.3, -0.25) is 57.7 Å². The molecule has 0 aliphatic carbocycles. The lowest BCUT2D eigenvalue weighted by molar-refractivity contribution is -0.140. The van der Waals surface area contributed by atoms with Crippen LogP contribution in [0.3, 0.4) is 0 Å². The van der Waals surface area contributed by atoms with Gasteiger partial charge in [0, 0.05) is 25.9 Å². The molecule has 0 radical (unpaired) electrons. The Morgan fingerprint density at radius 3 is 1.97 bits per heavy atom. The fourth-order valence-corrected chi connectivity index (χ4v) is 7.77. The van der Waals surface area contributed by atoms with Crippen molar-refractivity contribution in [3.63, 3.8) is 0 Å². The number of benzene rings is 1. The summed E-state index contributed by atoms with van der Waals surface area (Å²) in [6.07, 6.45) is 1.57. The van der Waals surface area contributed by atoms with Crippen LogP contribution in [0.2, 0.25) is 0 Å². The van der Waals surface area contributed by atoms with E-state index in [9.17, 15) is 52.7 Å². The number of likely N-dealkylation sites (tertiary alicyclic amines) is 1. The number of Topliss-reactive ketones (excluding diaryl/α,β-unsaturated/α-hetero) is 1. The van der Waals surface area contributed by atoms with Crippen LogP contribution in [0, 0.1) is 5.92 Å². The molecule has 1 fully saturated rings. The number of hydrogen-bond acceptors (Lipinski definition) is 14. The fourth-order valence-electron chi connectivity index (χ4n) is 7.30. The lowest BCUT2D eigenvalue weighted by Crippen LogP contribution is -2.57. The molecule has 0 spiro atoms. The second-order valence-corrected chi connectivity index (χ2v) is 18.5. The Morgan fingerprint density at radius 2 is 1.38 bits per heavy atom. The average molecular weight is 1020 g/mol. The van der Waals surface area contributed by atoms with Gasteiger partial charge in [0.05, 0.1) is 25.0 Å². The number of hydrogen-bond donors (Lipinski definition) is 12. The maximum Gasteiger partial charge on any atom is 0.243 e. The summed E-state index contributed by atoms with van der Waals surface area (Å²) in [6.45, 7) is 6.01. The molecule has 10 amide bonds. The van der Waals surface area contributed by atoms with E-state index < -0.39 is 132 Å². The van der Waals surface area contributed by atoms with Crippen molar-refractivity contribution < 1.29 is 52.7 Å². The number of rotatable bonds is 31. The summed E-state index contributed by atoms with van der Waals surface area (Å²) in [5.74, 6) is -8.59. The summed E-state index contributed by atoms with van der Waals surface area (Å²) in [5.41, 5.74) is 27.8. The van der Waals surface area contributed by atoms with Crippen LogP contribution in [0.15, 0.2) is 35.3 Å². The van der Waals surface area contributed by atoms with Crippen molar-refractivity contribution in [2.24, 2.45) is 39.6 Å². The lowest BCUT2D eigenvalue weighted by atomic mass is 9.99. The van der Waals surface area contributed by atoms with Gasteiger partial charge in [0.25, 0.3) is 0 Å². The first-order valence-electron chi connectivity index (χ1n) is 23.3. The molecule has 0 bridgehead atoms. The van der Waals surface area contributed by atoms with Crippen LogP contribution in [-0.4, -0.2) is 156 Å². The van der Waals surface area contributed by atoms with Gasteiger partial charge in [-0.1, -0.05) is 44.2 Å². The Morgan fingerprint density at radius 1 is 0.732 bits per heavy atom. The molecule has 1 saturated heterocycles. The van der Waals surface area contributed by atoms with E-state index in [0.717, 1.165) is 0 Å². The number of guanidine groups is 1. The van der Waals surface area contributed by atoms with E-state index in [-0.39, 0.29) is 51.0 Å². The summed E-state index contributed by atoms with van der Waals surface area (Å²) >= 11 is 1.39. The van der Waals surface area contributed by atoms with Gasteiger partial charge in [0.1, 0.15) is 36.3 Å². The van der Waals surface area contributed by atoms with Gasteiger partial charge in [0.2, 0.25) is 59.1 Å². The number of thioether (sulfide) groups is 1. The molecule has 0 unspecified atom stereocenters. The lowest BCUT2D eigenvalue weighted by Gasteiger charge is -2.27. The standard InChI is InChI=1S/C45H72N14O11S/c1-24(2)37(43(69)56-29(38(48)64)13-9-18-51-45(49)50)58-35(62)22-33(60)28(15-16-34(47)61)55-41(67)31(21-27-11-7-6-8-12-27)54-36(63)23-52-40(66)30(17-20-71-5)57-39(65)26(4)53-42(68)32-14-10-19-59(32)44(70)25(3)46/h6-8,11-12,24-26,28-32,37H,9-10,13-23,46H2,1-5H3,(H2,47,61)(H2,48,64)(H,52,66)(H,53,68)(H,54,63)(H,55,67)(H,56,69)(H,57,65)(H,58,62)(H4,49,50,51)/t25-,26-,28-,29-,30-,31-,32-,37-/m0/s1. The third-order valence-electron chi connectivity index (χ3n) is 11.2. The Bertz CT molecular complexity index is 2070. The quantitative estimate of drug-likeness (QED) is 0.0145. The smallest absolute Gasteiger partial charge is 0.243 e. The van der Waals surface area contributed by atoms with Crippen molar-refractivity contribution in [1.29, 1.82) is 0 Å². The number of ketones is 1. The average Bonchev–Trinajstić information content (AvgIpc) is 3.80. The van der Waals surface area contributed by atoms with Gasteiger partial charge in [0.15, 0.2) is 11.7 Å². The van der Waals surface area contributed by atoms with Gasteiger partial charge in [-0.05, 0) is 75.9 Å². The zero-order chi connectivity index (χ0) is 53.4. The molecule has 1 aliphatic rings. The summed E-state index contributed by atoms with van der Waals surface area (Å²) < 4.78 is 0. The van der Waals surface area contributed by atoms with Crippen LogP contribution in [0.1, 0.15) is 84.6 Å². The minimum Gasteiger partial charge on any atom is -0.370 e. The van der Waals surface area contributed by atoms with E-state index in [0.29, 0.717) is 30.7 Å². The van der Waals surface area contributed by atoms with Crippen LogP contribution in [0.4, 0.5) is 0 Å². The third kappa shape index (κ3) is 21.8. The number of amides is 10. The maximum atomic E-state index is 14.0. The SMILES string of the molecule is CSCC[C@H](NC(=O)[C@H](C)NC(=O)[C@@H]1CCCN1C(=O)[C@H](C)N)C(=O)NCC(=O)N[C@@H](Cc1ccccc1)C(=O)N[C@@H](CCC(N)=O)C(=O)CC(=O)N[C@H](C(=O)N[C@@H](CCCN=C(N)N)C(N)=O)C(C)C. The van der Waals surface area contributed by atoms with Crippen LogP contribution >= 0.6 is 11.8 Å². The minimum absolute atomic E-state index is 0.0837. The molecule has 1 aromatic rings. The van der Waals surface area contributed by atoms with Crippen molar-refractivity contribution in [3.05, 3.63) is 35.9 Å². The van der Waals surface area contributed by atoms with E-state index in [1.54, 1.807) is 50.4 Å². The van der Waals surface area contributed by atoms with Crippen molar-refractivity contribution >= 4 is 82.6 Å². The largest absolute Gasteiger partial charge is 0.370 e. The Hall–Kier alpha value is -6.83. The van der Waals surface area contributed by atoms with Crippen molar-refractivity contribution in [1.82, 2.24) is 42.1 Å². The molecule has 0 aromatic heterocycles. The molecule has 17 N–H and O–H groups in total. The molecule has 8 atom stereocenters.